The average Bonchev–Trinajstić information content (AvgIpc) is 3.21. The number of pyridine rings is 1. The van der Waals surface area contributed by atoms with Gasteiger partial charge in [0.2, 0.25) is 0 Å². The van der Waals surface area contributed by atoms with Crippen LogP contribution in [0.2, 0.25) is 0 Å². The van der Waals surface area contributed by atoms with Crippen LogP contribution in [0.15, 0.2) is 89.9 Å². The van der Waals surface area contributed by atoms with Gasteiger partial charge in [-0.3, -0.25) is 0 Å². The second kappa shape index (κ2) is 8.48. The minimum atomic E-state index is 0.322. The van der Waals surface area contributed by atoms with Crippen molar-refractivity contribution in [1.82, 2.24) is 4.98 Å². The molecule has 4 aromatic rings. The summed E-state index contributed by atoms with van der Waals surface area (Å²) in [4.78, 5) is 9.22. The van der Waals surface area contributed by atoms with Crippen molar-refractivity contribution in [3.05, 3.63) is 102 Å². The zero-order valence-electron chi connectivity index (χ0n) is 17.3. The number of hydrogen-bond acceptors (Lipinski definition) is 3. The molecule has 0 saturated carbocycles. The third-order valence-corrected chi connectivity index (χ3v) is 5.69. The van der Waals surface area contributed by atoms with E-state index in [0.717, 1.165) is 40.8 Å². The Morgan fingerprint density at radius 3 is 2.71 bits per heavy atom. The quantitative estimate of drug-likeness (QED) is 0.312. The average molecular weight is 408 g/mol. The van der Waals surface area contributed by atoms with Gasteiger partial charge in [0, 0.05) is 11.1 Å². The molecule has 0 radical (unpaired) electrons. The van der Waals surface area contributed by atoms with Crippen molar-refractivity contribution in [3.8, 4) is 0 Å². The molecule has 5 heteroatoms. The molecular formula is C26H25N5. The van der Waals surface area contributed by atoms with Crippen molar-refractivity contribution in [2.75, 3.05) is 10.6 Å². The second-order valence-electron chi connectivity index (χ2n) is 7.85. The molecule has 0 aliphatic heterocycles. The fourth-order valence-corrected chi connectivity index (χ4v) is 4.12. The van der Waals surface area contributed by atoms with Gasteiger partial charge in [-0.05, 0) is 59.9 Å². The molecule has 5 nitrogen and oxygen atoms in total. The van der Waals surface area contributed by atoms with E-state index in [1.807, 2.05) is 54.6 Å². The van der Waals surface area contributed by atoms with Crippen LogP contribution in [0.1, 0.15) is 29.2 Å². The predicted octanol–water partition coefficient (Wildman–Crippen LogP) is 5.26. The topological polar surface area (TPSA) is 75.3 Å². The molecule has 1 unspecified atom stereocenters. The fraction of sp³-hybridized carbons (Fsp3) is 0.154. The number of benzene rings is 3. The molecule has 1 aromatic heterocycles. The highest BCUT2D eigenvalue weighted by Gasteiger charge is 2.21. The summed E-state index contributed by atoms with van der Waals surface area (Å²) in [5, 5.41) is 7.83. The summed E-state index contributed by atoms with van der Waals surface area (Å²) in [7, 11) is 0. The van der Waals surface area contributed by atoms with Gasteiger partial charge in [0.15, 0.2) is 5.96 Å². The Labute approximate surface area is 182 Å². The van der Waals surface area contributed by atoms with Gasteiger partial charge in [-0.1, -0.05) is 54.6 Å². The van der Waals surface area contributed by atoms with Gasteiger partial charge in [0.25, 0.3) is 0 Å². The van der Waals surface area contributed by atoms with Gasteiger partial charge in [0.1, 0.15) is 5.82 Å². The van der Waals surface area contributed by atoms with Crippen molar-refractivity contribution < 1.29 is 0 Å². The largest absolute Gasteiger partial charge is 0.370 e. The van der Waals surface area contributed by atoms with E-state index >= 15 is 0 Å². The summed E-state index contributed by atoms with van der Waals surface area (Å²) in [6.45, 7) is 0.550. The van der Waals surface area contributed by atoms with E-state index in [0.29, 0.717) is 18.5 Å². The van der Waals surface area contributed by atoms with Crippen molar-refractivity contribution >= 4 is 28.4 Å². The van der Waals surface area contributed by atoms with Gasteiger partial charge in [0.05, 0.1) is 18.1 Å². The summed E-state index contributed by atoms with van der Waals surface area (Å²) in [5.41, 5.74) is 11.9. The standard InChI is InChI=1S/C26H25N5/c27-26(28-17-18-6-2-1-3-7-18)29-21-12-14-23-20(16-21)11-15-25(30-23)31-24-13-10-19-8-4-5-9-22(19)24/h1-9,11-12,14-16,24H,10,13,17H2,(H,30,31)(H3,27,28,29). The number of aliphatic imine (C=N–C) groups is 1. The van der Waals surface area contributed by atoms with Crippen LogP contribution in [0.4, 0.5) is 11.5 Å². The lowest BCUT2D eigenvalue weighted by Crippen LogP contribution is -2.22. The van der Waals surface area contributed by atoms with Crippen molar-refractivity contribution in [3.63, 3.8) is 0 Å². The number of nitrogens with zero attached hydrogens (tertiary/aromatic N) is 2. The number of hydrogen-bond donors (Lipinski definition) is 3. The summed E-state index contributed by atoms with van der Waals surface area (Å²) in [5.74, 6) is 1.30. The third-order valence-electron chi connectivity index (χ3n) is 5.69. The van der Waals surface area contributed by atoms with Crippen LogP contribution < -0.4 is 16.4 Å². The number of nitrogens with one attached hydrogen (secondary N) is 2. The number of fused-ring (bicyclic) bond motifs is 2. The second-order valence-corrected chi connectivity index (χ2v) is 7.85. The van der Waals surface area contributed by atoms with Crippen molar-refractivity contribution in [1.29, 1.82) is 0 Å². The number of anilines is 2. The van der Waals surface area contributed by atoms with Gasteiger partial charge < -0.3 is 16.4 Å². The summed E-state index contributed by atoms with van der Waals surface area (Å²) in [6.07, 6.45) is 2.22. The van der Waals surface area contributed by atoms with Crippen LogP contribution >= 0.6 is 0 Å². The van der Waals surface area contributed by atoms with E-state index in [2.05, 4.69) is 46.0 Å². The van der Waals surface area contributed by atoms with E-state index in [1.165, 1.54) is 11.1 Å². The summed E-state index contributed by atoms with van der Waals surface area (Å²) < 4.78 is 0. The van der Waals surface area contributed by atoms with Crippen LogP contribution in [-0.2, 0) is 13.0 Å². The maximum atomic E-state index is 6.07. The molecule has 0 saturated heterocycles. The van der Waals surface area contributed by atoms with E-state index < -0.39 is 0 Å². The highest BCUT2D eigenvalue weighted by atomic mass is 15.1. The number of guanidine groups is 1. The lowest BCUT2D eigenvalue weighted by Gasteiger charge is -2.15. The molecule has 5 rings (SSSR count). The SMILES string of the molecule is NC(=NCc1ccccc1)Nc1ccc2nc(NC3CCc4ccccc43)ccc2c1. The first kappa shape index (κ1) is 19.1. The Balaban J connectivity index is 1.28. The molecule has 31 heavy (non-hydrogen) atoms. The molecule has 4 N–H and O–H groups in total. The number of aryl methyl sites for hydroxylation is 1. The van der Waals surface area contributed by atoms with Crippen LogP contribution in [0.5, 0.6) is 0 Å². The highest BCUT2D eigenvalue weighted by Crippen LogP contribution is 2.33. The first-order valence-corrected chi connectivity index (χ1v) is 10.6. The van der Waals surface area contributed by atoms with E-state index in [4.69, 9.17) is 10.7 Å². The van der Waals surface area contributed by atoms with Gasteiger partial charge in [-0.25, -0.2) is 9.98 Å². The number of rotatable bonds is 5. The Hall–Kier alpha value is -3.86. The summed E-state index contributed by atoms with van der Waals surface area (Å²) >= 11 is 0. The number of aromatic nitrogens is 1. The molecule has 154 valence electrons. The zero-order valence-corrected chi connectivity index (χ0v) is 17.3. The lowest BCUT2D eigenvalue weighted by atomic mass is 10.1. The number of nitrogens with two attached hydrogens (primary N) is 1. The Morgan fingerprint density at radius 2 is 1.81 bits per heavy atom. The van der Waals surface area contributed by atoms with Crippen molar-refractivity contribution in [2.24, 2.45) is 10.7 Å². The fourth-order valence-electron chi connectivity index (χ4n) is 4.12. The van der Waals surface area contributed by atoms with Crippen molar-refractivity contribution in [2.45, 2.75) is 25.4 Å². The Morgan fingerprint density at radius 1 is 0.968 bits per heavy atom. The molecule has 0 fully saturated rings. The monoisotopic (exact) mass is 407 g/mol. The predicted molar refractivity (Wildman–Crippen MR) is 128 cm³/mol. The first-order chi connectivity index (χ1) is 15.2. The molecule has 0 spiro atoms. The zero-order chi connectivity index (χ0) is 21.0. The van der Waals surface area contributed by atoms with Crippen LogP contribution in [0.3, 0.4) is 0 Å². The first-order valence-electron chi connectivity index (χ1n) is 10.6. The molecule has 1 aliphatic rings. The smallest absolute Gasteiger partial charge is 0.193 e. The Bertz CT molecular complexity index is 1230. The normalized spacial score (nSPS) is 15.6. The molecule has 1 atom stereocenters. The van der Waals surface area contributed by atoms with E-state index in [-0.39, 0.29) is 0 Å². The molecule has 1 aliphatic carbocycles. The molecular weight excluding hydrogens is 382 g/mol. The van der Waals surface area contributed by atoms with E-state index in [9.17, 15) is 0 Å². The third kappa shape index (κ3) is 4.36. The molecule has 0 bridgehead atoms. The van der Waals surface area contributed by atoms with Crippen LogP contribution in [0, 0.1) is 0 Å². The van der Waals surface area contributed by atoms with Gasteiger partial charge in [-0.2, -0.15) is 0 Å². The van der Waals surface area contributed by atoms with E-state index in [1.54, 1.807) is 0 Å². The molecule has 1 heterocycles. The minimum absolute atomic E-state index is 0.322. The lowest BCUT2D eigenvalue weighted by molar-refractivity contribution is 0.758. The van der Waals surface area contributed by atoms with Gasteiger partial charge >= 0.3 is 0 Å². The van der Waals surface area contributed by atoms with Crippen LogP contribution in [0.25, 0.3) is 10.9 Å². The molecule has 3 aromatic carbocycles. The summed E-state index contributed by atoms with van der Waals surface area (Å²) in [6, 6.07) is 29.2. The minimum Gasteiger partial charge on any atom is -0.370 e. The molecule has 0 amide bonds. The maximum absolute atomic E-state index is 6.07. The maximum Gasteiger partial charge on any atom is 0.193 e. The van der Waals surface area contributed by atoms with Gasteiger partial charge in [-0.15, -0.1) is 0 Å². The van der Waals surface area contributed by atoms with Crippen LogP contribution in [-0.4, -0.2) is 10.9 Å². The Kier molecular flexibility index (Phi) is 5.23. The highest BCUT2D eigenvalue weighted by molar-refractivity contribution is 5.95.